The molecule has 1 aromatic heterocycles. The number of likely N-dealkylation sites (tertiary alicyclic amines) is 1. The van der Waals surface area contributed by atoms with Crippen molar-refractivity contribution in [1.29, 1.82) is 0 Å². The van der Waals surface area contributed by atoms with Gasteiger partial charge < -0.3 is 4.90 Å². The number of hydrogen-bond acceptors (Lipinski definition) is 3. The Hall–Kier alpha value is -2.49. The first-order valence-electron chi connectivity index (χ1n) is 7.56. The fraction of sp³-hybridized carbons (Fsp3) is 0.278. The van der Waals surface area contributed by atoms with Gasteiger partial charge in [0.1, 0.15) is 5.69 Å². The molecule has 2 aromatic rings. The van der Waals surface area contributed by atoms with Crippen molar-refractivity contribution in [1.82, 2.24) is 9.88 Å². The minimum atomic E-state index is -0.0797. The third kappa shape index (κ3) is 3.06. The summed E-state index contributed by atoms with van der Waals surface area (Å²) in [6, 6.07) is 14.5. The third-order valence-electron chi connectivity index (χ3n) is 4.04. The van der Waals surface area contributed by atoms with Crippen LogP contribution >= 0.6 is 0 Å². The maximum atomic E-state index is 12.5. The number of hydrogen-bond donors (Lipinski definition) is 0. The van der Waals surface area contributed by atoms with Crippen LogP contribution in [0.25, 0.3) is 0 Å². The Kier molecular flexibility index (Phi) is 4.28. The molecule has 4 heteroatoms. The highest BCUT2D eigenvalue weighted by Crippen LogP contribution is 2.23. The van der Waals surface area contributed by atoms with Crippen LogP contribution in [-0.4, -0.2) is 34.2 Å². The number of pyridine rings is 1. The lowest BCUT2D eigenvalue weighted by atomic mass is 10.0. The predicted molar refractivity (Wildman–Crippen MR) is 83.7 cm³/mol. The molecule has 2 heterocycles. The zero-order valence-corrected chi connectivity index (χ0v) is 12.3. The zero-order chi connectivity index (χ0) is 15.4. The Morgan fingerprint density at radius 1 is 1.09 bits per heavy atom. The van der Waals surface area contributed by atoms with Crippen LogP contribution in [0, 0.1) is 0 Å². The smallest absolute Gasteiger partial charge is 0.272 e. The maximum Gasteiger partial charge on any atom is 0.272 e. The average molecular weight is 294 g/mol. The largest absolute Gasteiger partial charge is 0.334 e. The lowest BCUT2D eigenvalue weighted by Crippen LogP contribution is -2.37. The molecule has 1 saturated heterocycles. The van der Waals surface area contributed by atoms with Crippen LogP contribution < -0.4 is 0 Å². The molecule has 1 fully saturated rings. The van der Waals surface area contributed by atoms with Crippen LogP contribution in [0.2, 0.25) is 0 Å². The van der Waals surface area contributed by atoms with E-state index in [-0.39, 0.29) is 17.7 Å². The van der Waals surface area contributed by atoms with Crippen LogP contribution in [0.15, 0.2) is 54.7 Å². The number of aromatic nitrogens is 1. The highest BCUT2D eigenvalue weighted by molar-refractivity contribution is 5.97. The molecule has 0 radical (unpaired) electrons. The lowest BCUT2D eigenvalue weighted by molar-refractivity contribution is 0.0711. The number of rotatable bonds is 4. The molecule has 0 N–H and O–H groups in total. The Morgan fingerprint density at radius 2 is 1.86 bits per heavy atom. The second-order valence-corrected chi connectivity index (χ2v) is 5.50. The Balaban J connectivity index is 1.71. The van der Waals surface area contributed by atoms with E-state index in [0.717, 1.165) is 12.8 Å². The summed E-state index contributed by atoms with van der Waals surface area (Å²) in [5.41, 5.74) is 1.15. The van der Waals surface area contributed by atoms with E-state index < -0.39 is 0 Å². The van der Waals surface area contributed by atoms with Crippen LogP contribution in [0.4, 0.5) is 0 Å². The van der Waals surface area contributed by atoms with Gasteiger partial charge in [0.2, 0.25) is 0 Å². The number of benzene rings is 1. The summed E-state index contributed by atoms with van der Waals surface area (Å²) in [5.74, 6) is 0.00952. The average Bonchev–Trinajstić information content (AvgIpc) is 3.04. The molecule has 1 aliphatic rings. The number of amides is 1. The number of carbonyl (C=O) groups excluding carboxylic acids is 2. The van der Waals surface area contributed by atoms with Gasteiger partial charge >= 0.3 is 0 Å². The molecule has 1 atom stereocenters. The van der Waals surface area contributed by atoms with Crippen molar-refractivity contribution < 1.29 is 9.59 Å². The molecule has 3 rings (SSSR count). The Bertz CT molecular complexity index is 655. The Morgan fingerprint density at radius 3 is 2.59 bits per heavy atom. The first-order valence-corrected chi connectivity index (χ1v) is 7.56. The summed E-state index contributed by atoms with van der Waals surface area (Å²) >= 11 is 0. The van der Waals surface area contributed by atoms with Crippen LogP contribution in [0.3, 0.4) is 0 Å². The van der Waals surface area contributed by atoms with Crippen molar-refractivity contribution in [3.63, 3.8) is 0 Å². The normalized spacial score (nSPS) is 17.5. The first-order chi connectivity index (χ1) is 10.8. The number of ketones is 1. The van der Waals surface area contributed by atoms with Crippen LogP contribution in [-0.2, 0) is 0 Å². The van der Waals surface area contributed by atoms with Crippen molar-refractivity contribution in [2.45, 2.75) is 25.3 Å². The van der Waals surface area contributed by atoms with E-state index in [0.29, 0.717) is 24.2 Å². The molecule has 0 saturated carbocycles. The van der Waals surface area contributed by atoms with Crippen molar-refractivity contribution >= 4 is 11.7 Å². The molecule has 1 amide bonds. The molecule has 22 heavy (non-hydrogen) atoms. The summed E-state index contributed by atoms with van der Waals surface area (Å²) in [4.78, 5) is 30.8. The van der Waals surface area contributed by atoms with Crippen molar-refractivity contribution in [2.75, 3.05) is 6.54 Å². The van der Waals surface area contributed by atoms with E-state index in [4.69, 9.17) is 0 Å². The van der Waals surface area contributed by atoms with Crippen LogP contribution in [0.1, 0.15) is 40.1 Å². The summed E-state index contributed by atoms with van der Waals surface area (Å²) in [7, 11) is 0. The number of carbonyl (C=O) groups is 2. The van der Waals surface area contributed by atoms with Gasteiger partial charge in [0, 0.05) is 30.8 Å². The molecule has 4 nitrogen and oxygen atoms in total. The number of Topliss-reactive ketones (excluding diaryl/α,β-unsaturated/α-hetero) is 1. The molecule has 1 aromatic carbocycles. The summed E-state index contributed by atoms with van der Waals surface area (Å²) in [6.07, 6.45) is 3.80. The van der Waals surface area contributed by atoms with E-state index in [1.54, 1.807) is 29.3 Å². The van der Waals surface area contributed by atoms with E-state index in [1.165, 1.54) is 0 Å². The van der Waals surface area contributed by atoms with Gasteiger partial charge in [-0.15, -0.1) is 0 Å². The van der Waals surface area contributed by atoms with E-state index in [1.807, 2.05) is 30.3 Å². The van der Waals surface area contributed by atoms with E-state index >= 15 is 0 Å². The van der Waals surface area contributed by atoms with Crippen molar-refractivity contribution in [2.24, 2.45) is 0 Å². The third-order valence-corrected chi connectivity index (χ3v) is 4.04. The second kappa shape index (κ2) is 6.52. The van der Waals surface area contributed by atoms with Gasteiger partial charge in [-0.05, 0) is 25.0 Å². The van der Waals surface area contributed by atoms with Gasteiger partial charge in [-0.1, -0.05) is 36.4 Å². The second-order valence-electron chi connectivity index (χ2n) is 5.50. The van der Waals surface area contributed by atoms with Gasteiger partial charge in [-0.3, -0.25) is 14.6 Å². The summed E-state index contributed by atoms with van der Waals surface area (Å²) in [5, 5.41) is 0. The fourth-order valence-electron chi connectivity index (χ4n) is 2.91. The van der Waals surface area contributed by atoms with Crippen molar-refractivity contribution in [3.8, 4) is 0 Å². The molecule has 0 aliphatic carbocycles. The number of nitrogens with zero attached hydrogens (tertiary/aromatic N) is 2. The lowest BCUT2D eigenvalue weighted by Gasteiger charge is -2.24. The predicted octanol–water partition coefficient (Wildman–Crippen LogP) is 2.96. The minimum absolute atomic E-state index is 0.0257. The fourth-order valence-corrected chi connectivity index (χ4v) is 2.91. The van der Waals surface area contributed by atoms with Gasteiger partial charge in [0.25, 0.3) is 5.91 Å². The Labute approximate surface area is 129 Å². The minimum Gasteiger partial charge on any atom is -0.334 e. The molecular weight excluding hydrogens is 276 g/mol. The summed E-state index contributed by atoms with van der Waals surface area (Å²) < 4.78 is 0. The highest BCUT2D eigenvalue weighted by atomic mass is 16.2. The van der Waals surface area contributed by atoms with Crippen molar-refractivity contribution in [3.05, 3.63) is 66.0 Å². The van der Waals surface area contributed by atoms with E-state index in [9.17, 15) is 9.59 Å². The monoisotopic (exact) mass is 294 g/mol. The molecule has 1 aliphatic heterocycles. The standard InChI is InChI=1S/C18H18N2O2/c21-17(14-7-2-1-3-8-14)13-15-9-6-12-20(15)18(22)16-10-4-5-11-19-16/h1-5,7-8,10-11,15H,6,9,12-13H2. The molecule has 1 unspecified atom stereocenters. The van der Waals surface area contributed by atoms with Crippen LogP contribution in [0.5, 0.6) is 0 Å². The molecule has 112 valence electrons. The van der Waals surface area contributed by atoms with E-state index in [2.05, 4.69) is 4.98 Å². The topological polar surface area (TPSA) is 50.3 Å². The molecule has 0 bridgehead atoms. The first kappa shape index (κ1) is 14.4. The van der Waals surface area contributed by atoms with Gasteiger partial charge in [-0.2, -0.15) is 0 Å². The zero-order valence-electron chi connectivity index (χ0n) is 12.3. The maximum absolute atomic E-state index is 12.5. The van der Waals surface area contributed by atoms with Gasteiger partial charge in [0.05, 0.1) is 0 Å². The molecule has 0 spiro atoms. The molecular formula is C18H18N2O2. The highest BCUT2D eigenvalue weighted by Gasteiger charge is 2.31. The van der Waals surface area contributed by atoms with Gasteiger partial charge in [0.15, 0.2) is 5.78 Å². The van der Waals surface area contributed by atoms with Gasteiger partial charge in [-0.25, -0.2) is 0 Å². The quantitative estimate of drug-likeness (QED) is 0.815. The summed E-state index contributed by atoms with van der Waals surface area (Å²) in [6.45, 7) is 0.697. The SMILES string of the molecule is O=C(CC1CCCN1C(=O)c1ccccn1)c1ccccc1.